The summed E-state index contributed by atoms with van der Waals surface area (Å²) in [6.07, 6.45) is 1.58. The number of ether oxygens (including phenoxy) is 1. The lowest BCUT2D eigenvalue weighted by atomic mass is 10.0. The highest BCUT2D eigenvalue weighted by molar-refractivity contribution is 7.03. The van der Waals surface area contributed by atoms with Crippen LogP contribution in [0.25, 0.3) is 0 Å². The lowest BCUT2D eigenvalue weighted by Crippen LogP contribution is -2.30. The molecule has 7 heteroatoms. The number of hydrogen-bond donors (Lipinski definition) is 2. The van der Waals surface area contributed by atoms with Gasteiger partial charge in [-0.25, -0.2) is 0 Å². The first-order valence-electron chi connectivity index (χ1n) is 5.95. The Morgan fingerprint density at radius 2 is 2.42 bits per heavy atom. The molecule has 5 nitrogen and oxygen atoms in total. The minimum atomic E-state index is -0.0921. The van der Waals surface area contributed by atoms with Gasteiger partial charge in [0.1, 0.15) is 5.75 Å². The fraction of sp³-hybridized carbons (Fsp3) is 0.333. The number of nitrogens with zero attached hydrogens (tertiary/aromatic N) is 2. The first-order valence-corrected chi connectivity index (χ1v) is 7.16. The number of benzene rings is 1. The highest BCUT2D eigenvalue weighted by Gasteiger charge is 2.21. The molecule has 1 atom stereocenters. The summed E-state index contributed by atoms with van der Waals surface area (Å²) in [4.78, 5) is 0. The Morgan fingerprint density at radius 1 is 1.53 bits per heavy atom. The van der Waals surface area contributed by atoms with Gasteiger partial charge in [0.05, 0.1) is 18.3 Å². The van der Waals surface area contributed by atoms with Crippen LogP contribution in [0.5, 0.6) is 5.75 Å². The number of rotatable bonds is 4. The van der Waals surface area contributed by atoms with Crippen molar-refractivity contribution >= 4 is 23.1 Å². The van der Waals surface area contributed by atoms with E-state index in [1.54, 1.807) is 0 Å². The second kappa shape index (κ2) is 5.42. The van der Waals surface area contributed by atoms with Crippen LogP contribution in [-0.2, 0) is 12.8 Å². The summed E-state index contributed by atoms with van der Waals surface area (Å²) < 4.78 is 9.55. The van der Waals surface area contributed by atoms with Crippen LogP contribution in [0.3, 0.4) is 0 Å². The number of halogens is 1. The quantitative estimate of drug-likeness (QED) is 0.666. The molecule has 0 saturated carbocycles. The molecule has 1 aliphatic heterocycles. The minimum absolute atomic E-state index is 0.0921. The molecule has 3 rings (SSSR count). The Kier molecular flexibility index (Phi) is 3.65. The molecule has 0 aliphatic carbocycles. The third-order valence-corrected chi connectivity index (χ3v) is 3.93. The lowest BCUT2D eigenvalue weighted by Gasteiger charge is -2.15. The Labute approximate surface area is 119 Å². The third-order valence-electron chi connectivity index (χ3n) is 3.18. The van der Waals surface area contributed by atoms with Crippen molar-refractivity contribution in [2.75, 3.05) is 6.61 Å². The van der Waals surface area contributed by atoms with Gasteiger partial charge in [-0.3, -0.25) is 11.3 Å². The molecule has 0 amide bonds. The monoisotopic (exact) mass is 296 g/mol. The molecular weight excluding hydrogens is 284 g/mol. The summed E-state index contributed by atoms with van der Waals surface area (Å²) in [5.74, 6) is 6.55. The average Bonchev–Trinajstić information content (AvgIpc) is 3.05. The van der Waals surface area contributed by atoms with Gasteiger partial charge >= 0.3 is 0 Å². The number of hydrogen-bond acceptors (Lipinski definition) is 6. The van der Waals surface area contributed by atoms with Crippen molar-refractivity contribution in [1.29, 1.82) is 0 Å². The maximum absolute atomic E-state index is 6.15. The molecule has 0 bridgehead atoms. The molecule has 0 spiro atoms. The van der Waals surface area contributed by atoms with E-state index in [1.165, 1.54) is 11.5 Å². The van der Waals surface area contributed by atoms with E-state index in [0.29, 0.717) is 13.0 Å². The molecular formula is C12H13ClN4OS. The normalized spacial score (nSPS) is 15.1. The Morgan fingerprint density at radius 3 is 3.16 bits per heavy atom. The average molecular weight is 297 g/mol. The molecule has 2 heterocycles. The van der Waals surface area contributed by atoms with Crippen LogP contribution in [-0.4, -0.2) is 16.2 Å². The van der Waals surface area contributed by atoms with Gasteiger partial charge < -0.3 is 4.74 Å². The maximum atomic E-state index is 6.15. The zero-order chi connectivity index (χ0) is 13.2. The van der Waals surface area contributed by atoms with Crippen LogP contribution in [0.15, 0.2) is 17.5 Å². The SMILES string of the molecule is NNC(Cc1cc(Cl)cc2c1OCC2)c1csnn1. The highest BCUT2D eigenvalue weighted by Crippen LogP contribution is 2.35. The topological polar surface area (TPSA) is 73.1 Å². The molecule has 2 aromatic rings. The van der Waals surface area contributed by atoms with Gasteiger partial charge in [-0.1, -0.05) is 16.1 Å². The highest BCUT2D eigenvalue weighted by atomic mass is 35.5. The second-order valence-electron chi connectivity index (χ2n) is 4.40. The van der Waals surface area contributed by atoms with Crippen LogP contribution < -0.4 is 16.0 Å². The summed E-state index contributed by atoms with van der Waals surface area (Å²) >= 11 is 7.46. The summed E-state index contributed by atoms with van der Waals surface area (Å²) in [7, 11) is 0. The summed E-state index contributed by atoms with van der Waals surface area (Å²) in [5, 5.41) is 6.67. The van der Waals surface area contributed by atoms with Crippen molar-refractivity contribution in [3.63, 3.8) is 0 Å². The van der Waals surface area contributed by atoms with Gasteiger partial charge in [-0.15, -0.1) is 5.10 Å². The van der Waals surface area contributed by atoms with E-state index in [2.05, 4.69) is 15.0 Å². The number of fused-ring (bicyclic) bond motifs is 1. The van der Waals surface area contributed by atoms with Crippen molar-refractivity contribution in [3.8, 4) is 5.75 Å². The van der Waals surface area contributed by atoms with E-state index in [4.69, 9.17) is 22.2 Å². The van der Waals surface area contributed by atoms with Crippen molar-refractivity contribution < 1.29 is 4.74 Å². The molecule has 0 saturated heterocycles. The van der Waals surface area contributed by atoms with E-state index in [0.717, 1.165) is 34.0 Å². The second-order valence-corrected chi connectivity index (χ2v) is 5.45. The standard InChI is InChI=1S/C12H13ClN4OS/c13-9-3-7-1-2-18-12(7)8(4-9)5-10(15-14)11-6-19-17-16-11/h3-4,6,10,15H,1-2,5,14H2. The number of nitrogens with one attached hydrogen (secondary N) is 1. The fourth-order valence-electron chi connectivity index (χ4n) is 2.29. The van der Waals surface area contributed by atoms with Gasteiger partial charge in [0.2, 0.25) is 0 Å². The largest absolute Gasteiger partial charge is 0.493 e. The molecule has 3 N–H and O–H groups in total. The predicted molar refractivity (Wildman–Crippen MR) is 74.3 cm³/mol. The van der Waals surface area contributed by atoms with E-state index < -0.39 is 0 Å². The zero-order valence-corrected chi connectivity index (χ0v) is 11.7. The van der Waals surface area contributed by atoms with Crippen LogP contribution in [0.4, 0.5) is 0 Å². The van der Waals surface area contributed by atoms with Crippen LogP contribution >= 0.6 is 23.1 Å². The van der Waals surface area contributed by atoms with Gasteiger partial charge in [0.15, 0.2) is 0 Å². The van der Waals surface area contributed by atoms with Crippen molar-refractivity contribution in [2.24, 2.45) is 5.84 Å². The van der Waals surface area contributed by atoms with Crippen molar-refractivity contribution in [1.82, 2.24) is 15.0 Å². The zero-order valence-electron chi connectivity index (χ0n) is 10.1. The molecule has 0 radical (unpaired) electrons. The molecule has 1 unspecified atom stereocenters. The Balaban J connectivity index is 1.90. The van der Waals surface area contributed by atoms with E-state index in [1.807, 2.05) is 17.5 Å². The molecule has 100 valence electrons. The number of hydrazine groups is 1. The fourth-order valence-corrected chi connectivity index (χ4v) is 3.06. The maximum Gasteiger partial charge on any atom is 0.125 e. The van der Waals surface area contributed by atoms with Gasteiger partial charge in [-0.2, -0.15) is 0 Å². The first-order chi connectivity index (χ1) is 9.28. The van der Waals surface area contributed by atoms with Crippen molar-refractivity contribution in [3.05, 3.63) is 39.4 Å². The predicted octanol–water partition coefficient (Wildman–Crippen LogP) is 1.87. The number of aromatic nitrogens is 2. The Hall–Kier alpha value is -1.21. The van der Waals surface area contributed by atoms with Crippen molar-refractivity contribution in [2.45, 2.75) is 18.9 Å². The van der Waals surface area contributed by atoms with E-state index in [-0.39, 0.29) is 6.04 Å². The van der Waals surface area contributed by atoms with Crippen LogP contribution in [0.1, 0.15) is 22.9 Å². The third kappa shape index (κ3) is 2.57. The summed E-state index contributed by atoms with van der Waals surface area (Å²) in [6.45, 7) is 0.710. The summed E-state index contributed by atoms with van der Waals surface area (Å²) in [6, 6.07) is 3.80. The Bertz CT molecular complexity index is 575. The van der Waals surface area contributed by atoms with Crippen LogP contribution in [0.2, 0.25) is 5.02 Å². The van der Waals surface area contributed by atoms with Gasteiger partial charge in [0, 0.05) is 16.8 Å². The molecule has 1 aromatic heterocycles. The summed E-state index contributed by atoms with van der Waals surface area (Å²) in [5.41, 5.74) is 5.82. The van der Waals surface area contributed by atoms with Crippen LogP contribution in [0, 0.1) is 0 Å². The molecule has 1 aliphatic rings. The molecule has 1 aromatic carbocycles. The number of nitrogens with two attached hydrogens (primary N) is 1. The lowest BCUT2D eigenvalue weighted by molar-refractivity contribution is 0.351. The van der Waals surface area contributed by atoms with E-state index >= 15 is 0 Å². The molecule has 19 heavy (non-hydrogen) atoms. The molecule has 0 fully saturated rings. The smallest absolute Gasteiger partial charge is 0.125 e. The minimum Gasteiger partial charge on any atom is -0.493 e. The van der Waals surface area contributed by atoms with Gasteiger partial charge in [0.25, 0.3) is 0 Å². The van der Waals surface area contributed by atoms with E-state index in [9.17, 15) is 0 Å². The first kappa shape index (κ1) is 12.8. The van der Waals surface area contributed by atoms with Gasteiger partial charge in [-0.05, 0) is 41.2 Å².